The molecule has 2 N–H and O–H groups in total. The van der Waals surface area contributed by atoms with Crippen LogP contribution >= 0.6 is 22.9 Å². The van der Waals surface area contributed by atoms with Gasteiger partial charge in [-0.15, -0.1) is 11.3 Å². The third kappa shape index (κ3) is 4.11. The molecule has 0 spiro atoms. The maximum atomic E-state index is 8.94. The Morgan fingerprint density at radius 3 is 2.73 bits per heavy atom. The van der Waals surface area contributed by atoms with Gasteiger partial charge in [0.25, 0.3) is 0 Å². The van der Waals surface area contributed by atoms with Crippen LogP contribution < -0.4 is 5.32 Å². The predicted molar refractivity (Wildman–Crippen MR) is 66.6 cm³/mol. The van der Waals surface area contributed by atoms with E-state index in [4.69, 9.17) is 16.7 Å². The van der Waals surface area contributed by atoms with Crippen molar-refractivity contribution in [1.29, 1.82) is 0 Å². The molecule has 2 nitrogen and oxygen atoms in total. The highest BCUT2D eigenvalue weighted by molar-refractivity contribution is 7.16. The number of aliphatic hydroxyl groups excluding tert-OH is 1. The lowest BCUT2D eigenvalue weighted by Crippen LogP contribution is -2.26. The van der Waals surface area contributed by atoms with Gasteiger partial charge in [-0.1, -0.05) is 25.4 Å². The Hall–Kier alpha value is -0.0900. The molecule has 0 fully saturated rings. The zero-order chi connectivity index (χ0) is 11.3. The Bertz CT molecular complexity index is 290. The predicted octanol–water partition coefficient (Wildman–Crippen LogP) is 3.07. The Morgan fingerprint density at radius 2 is 2.27 bits per heavy atom. The molecule has 1 heterocycles. The molecule has 0 aromatic carbocycles. The normalized spacial score (nSPS) is 15.2. The lowest BCUT2D eigenvalue weighted by Gasteiger charge is -2.17. The highest BCUT2D eigenvalue weighted by Crippen LogP contribution is 2.28. The van der Waals surface area contributed by atoms with Crippen molar-refractivity contribution in [3.05, 3.63) is 21.3 Å². The maximum absolute atomic E-state index is 8.94. The van der Waals surface area contributed by atoms with E-state index in [2.05, 4.69) is 18.3 Å². The van der Waals surface area contributed by atoms with Crippen LogP contribution in [-0.2, 0) is 0 Å². The maximum Gasteiger partial charge on any atom is 0.0931 e. The Morgan fingerprint density at radius 1 is 1.53 bits per heavy atom. The van der Waals surface area contributed by atoms with Gasteiger partial charge >= 0.3 is 0 Å². The van der Waals surface area contributed by atoms with Gasteiger partial charge in [0.05, 0.1) is 4.34 Å². The first-order valence-corrected chi connectivity index (χ1v) is 6.46. The number of thiophene rings is 1. The second-order valence-corrected chi connectivity index (χ2v) is 5.55. The lowest BCUT2D eigenvalue weighted by molar-refractivity contribution is 0.230. The minimum Gasteiger partial charge on any atom is -0.396 e. The fraction of sp³-hybridized carbons (Fsp3) is 0.636. The van der Waals surface area contributed by atoms with Crippen LogP contribution in [0.25, 0.3) is 0 Å². The summed E-state index contributed by atoms with van der Waals surface area (Å²) in [7, 11) is 0. The number of aliphatic hydroxyl groups is 1. The number of hydrogen-bond acceptors (Lipinski definition) is 3. The summed E-state index contributed by atoms with van der Waals surface area (Å²) >= 11 is 7.52. The van der Waals surface area contributed by atoms with Gasteiger partial charge in [0.1, 0.15) is 0 Å². The SMILES string of the molecule is CCC(NCC(C)CO)c1ccc(Cl)s1. The van der Waals surface area contributed by atoms with E-state index in [1.807, 2.05) is 13.0 Å². The monoisotopic (exact) mass is 247 g/mol. The Balaban J connectivity index is 2.49. The zero-order valence-corrected chi connectivity index (χ0v) is 10.7. The van der Waals surface area contributed by atoms with Crippen molar-refractivity contribution in [3.63, 3.8) is 0 Å². The third-order valence-electron chi connectivity index (χ3n) is 2.37. The summed E-state index contributed by atoms with van der Waals surface area (Å²) in [5.74, 6) is 0.300. The topological polar surface area (TPSA) is 32.3 Å². The van der Waals surface area contributed by atoms with Crippen molar-refractivity contribution in [1.82, 2.24) is 5.32 Å². The average Bonchev–Trinajstić information content (AvgIpc) is 2.65. The molecule has 0 bridgehead atoms. The summed E-state index contributed by atoms with van der Waals surface area (Å²) in [5.41, 5.74) is 0. The summed E-state index contributed by atoms with van der Waals surface area (Å²) in [6.07, 6.45) is 1.04. The van der Waals surface area contributed by atoms with Crippen LogP contribution in [0.2, 0.25) is 4.34 Å². The molecule has 1 aromatic rings. The van der Waals surface area contributed by atoms with Crippen LogP contribution in [0.15, 0.2) is 12.1 Å². The van der Waals surface area contributed by atoms with E-state index in [0.717, 1.165) is 17.3 Å². The quantitative estimate of drug-likeness (QED) is 0.810. The zero-order valence-electron chi connectivity index (χ0n) is 9.16. The molecular weight excluding hydrogens is 230 g/mol. The average molecular weight is 248 g/mol. The summed E-state index contributed by atoms with van der Waals surface area (Å²) in [4.78, 5) is 1.27. The highest BCUT2D eigenvalue weighted by Gasteiger charge is 2.12. The van der Waals surface area contributed by atoms with Crippen molar-refractivity contribution < 1.29 is 5.11 Å². The van der Waals surface area contributed by atoms with Gasteiger partial charge in [0.15, 0.2) is 0 Å². The fourth-order valence-electron chi connectivity index (χ4n) is 1.37. The molecule has 15 heavy (non-hydrogen) atoms. The van der Waals surface area contributed by atoms with E-state index in [1.165, 1.54) is 4.88 Å². The summed E-state index contributed by atoms with van der Waals surface area (Å²) < 4.78 is 0.834. The van der Waals surface area contributed by atoms with E-state index in [-0.39, 0.29) is 6.61 Å². The van der Waals surface area contributed by atoms with E-state index in [1.54, 1.807) is 11.3 Å². The number of hydrogen-bond donors (Lipinski definition) is 2. The first-order valence-electron chi connectivity index (χ1n) is 5.26. The van der Waals surface area contributed by atoms with Crippen molar-refractivity contribution in [2.75, 3.05) is 13.2 Å². The van der Waals surface area contributed by atoms with Gasteiger partial charge < -0.3 is 10.4 Å². The summed E-state index contributed by atoms with van der Waals surface area (Å²) in [5, 5.41) is 12.4. The largest absolute Gasteiger partial charge is 0.396 e. The van der Waals surface area contributed by atoms with E-state index < -0.39 is 0 Å². The summed E-state index contributed by atoms with van der Waals surface area (Å²) in [6.45, 7) is 5.25. The van der Waals surface area contributed by atoms with Crippen LogP contribution in [0, 0.1) is 5.92 Å². The van der Waals surface area contributed by atoms with Crippen LogP contribution in [0.5, 0.6) is 0 Å². The lowest BCUT2D eigenvalue weighted by atomic mass is 10.1. The first-order chi connectivity index (χ1) is 7.17. The third-order valence-corrected chi connectivity index (χ3v) is 3.71. The molecule has 86 valence electrons. The van der Waals surface area contributed by atoms with Crippen LogP contribution in [0.4, 0.5) is 0 Å². The van der Waals surface area contributed by atoms with E-state index in [0.29, 0.717) is 12.0 Å². The number of nitrogens with one attached hydrogen (secondary N) is 1. The van der Waals surface area contributed by atoms with Gasteiger partial charge in [0, 0.05) is 24.1 Å². The van der Waals surface area contributed by atoms with Crippen molar-refractivity contribution in [2.45, 2.75) is 26.3 Å². The molecule has 0 aliphatic carbocycles. The van der Waals surface area contributed by atoms with Gasteiger partial charge in [0.2, 0.25) is 0 Å². The van der Waals surface area contributed by atoms with Gasteiger partial charge in [-0.25, -0.2) is 0 Å². The van der Waals surface area contributed by atoms with Gasteiger partial charge in [-0.05, 0) is 24.5 Å². The molecular formula is C11H18ClNOS. The molecule has 0 saturated carbocycles. The molecule has 0 aliphatic rings. The molecule has 1 rings (SSSR count). The van der Waals surface area contributed by atoms with Crippen LogP contribution in [0.1, 0.15) is 31.2 Å². The Kier molecular flexibility index (Phi) is 5.61. The standard InChI is InChI=1S/C11H18ClNOS/c1-3-9(13-6-8(2)7-14)10-4-5-11(12)15-10/h4-5,8-9,13-14H,3,6-7H2,1-2H3. The van der Waals surface area contributed by atoms with Crippen molar-refractivity contribution in [3.8, 4) is 0 Å². The molecule has 1 aromatic heterocycles. The smallest absolute Gasteiger partial charge is 0.0931 e. The molecule has 0 saturated heterocycles. The van der Waals surface area contributed by atoms with Gasteiger partial charge in [-0.3, -0.25) is 0 Å². The Labute approximate surface area is 100 Å². The molecule has 0 radical (unpaired) electrons. The van der Waals surface area contributed by atoms with Gasteiger partial charge in [-0.2, -0.15) is 0 Å². The molecule has 0 aliphatic heterocycles. The second kappa shape index (κ2) is 6.48. The number of rotatable bonds is 6. The van der Waals surface area contributed by atoms with Crippen molar-refractivity contribution in [2.24, 2.45) is 5.92 Å². The van der Waals surface area contributed by atoms with Crippen LogP contribution in [-0.4, -0.2) is 18.3 Å². The fourth-order valence-corrected chi connectivity index (χ4v) is 2.59. The minimum atomic E-state index is 0.231. The first kappa shape index (κ1) is 13.0. The van der Waals surface area contributed by atoms with E-state index in [9.17, 15) is 0 Å². The van der Waals surface area contributed by atoms with E-state index >= 15 is 0 Å². The molecule has 4 heteroatoms. The van der Waals surface area contributed by atoms with Crippen LogP contribution in [0.3, 0.4) is 0 Å². The van der Waals surface area contributed by atoms with Crippen molar-refractivity contribution >= 4 is 22.9 Å². The summed E-state index contributed by atoms with van der Waals surface area (Å²) in [6, 6.07) is 4.36. The molecule has 2 unspecified atom stereocenters. The minimum absolute atomic E-state index is 0.231. The molecule has 2 atom stereocenters. The highest BCUT2D eigenvalue weighted by atomic mass is 35.5. The molecule has 0 amide bonds. The number of halogens is 1. The second-order valence-electron chi connectivity index (χ2n) is 3.80.